The SMILES string of the molecule is Cn1cc(CCC(NN)C2CCC(C)(C)CC2)cn1. The maximum atomic E-state index is 5.77. The van der Waals surface area contributed by atoms with Gasteiger partial charge in [-0.3, -0.25) is 16.0 Å². The van der Waals surface area contributed by atoms with Gasteiger partial charge in [0.2, 0.25) is 0 Å². The molecular weight excluding hydrogens is 236 g/mol. The Kier molecular flexibility index (Phi) is 4.63. The van der Waals surface area contributed by atoms with E-state index in [0.29, 0.717) is 11.5 Å². The lowest BCUT2D eigenvalue weighted by atomic mass is 9.70. The summed E-state index contributed by atoms with van der Waals surface area (Å²) < 4.78 is 1.86. The molecule has 0 saturated heterocycles. The van der Waals surface area contributed by atoms with Crippen molar-refractivity contribution >= 4 is 0 Å². The van der Waals surface area contributed by atoms with Crippen molar-refractivity contribution in [1.29, 1.82) is 0 Å². The molecule has 1 heterocycles. The number of nitrogens with zero attached hydrogens (tertiary/aromatic N) is 2. The molecule has 4 heteroatoms. The monoisotopic (exact) mass is 264 g/mol. The molecule has 0 spiro atoms. The van der Waals surface area contributed by atoms with Crippen LogP contribution in [-0.4, -0.2) is 15.8 Å². The molecule has 0 aromatic carbocycles. The van der Waals surface area contributed by atoms with Crippen molar-refractivity contribution in [3.8, 4) is 0 Å². The van der Waals surface area contributed by atoms with E-state index in [1.165, 1.54) is 31.2 Å². The van der Waals surface area contributed by atoms with Crippen molar-refractivity contribution in [1.82, 2.24) is 15.2 Å². The Morgan fingerprint density at radius 2 is 2.16 bits per heavy atom. The summed E-state index contributed by atoms with van der Waals surface area (Å²) in [6, 6.07) is 0.441. The zero-order valence-electron chi connectivity index (χ0n) is 12.5. The molecule has 3 N–H and O–H groups in total. The van der Waals surface area contributed by atoms with Gasteiger partial charge in [-0.2, -0.15) is 5.10 Å². The van der Waals surface area contributed by atoms with Crippen LogP contribution in [0.25, 0.3) is 0 Å². The summed E-state index contributed by atoms with van der Waals surface area (Å²) >= 11 is 0. The molecule has 1 atom stereocenters. The predicted molar refractivity (Wildman–Crippen MR) is 78.4 cm³/mol. The predicted octanol–water partition coefficient (Wildman–Crippen LogP) is 2.40. The normalized spacial score (nSPS) is 21.5. The molecule has 1 unspecified atom stereocenters. The van der Waals surface area contributed by atoms with Gasteiger partial charge in [-0.05, 0) is 55.4 Å². The maximum absolute atomic E-state index is 5.77. The third-order valence-corrected chi connectivity index (χ3v) is 4.67. The highest BCUT2D eigenvalue weighted by atomic mass is 15.2. The lowest BCUT2D eigenvalue weighted by Crippen LogP contribution is -2.43. The first-order valence-electron chi connectivity index (χ1n) is 7.44. The number of hydrogen-bond donors (Lipinski definition) is 2. The standard InChI is InChI=1S/C15H28N4/c1-15(2)8-6-13(7-9-15)14(18-16)5-4-12-10-17-19(3)11-12/h10-11,13-14,18H,4-9,16H2,1-3H3. The summed E-state index contributed by atoms with van der Waals surface area (Å²) in [4.78, 5) is 0. The van der Waals surface area contributed by atoms with Crippen LogP contribution in [0.2, 0.25) is 0 Å². The van der Waals surface area contributed by atoms with Gasteiger partial charge in [-0.1, -0.05) is 13.8 Å². The van der Waals surface area contributed by atoms with E-state index in [9.17, 15) is 0 Å². The Morgan fingerprint density at radius 1 is 1.47 bits per heavy atom. The van der Waals surface area contributed by atoms with E-state index in [-0.39, 0.29) is 0 Å². The molecule has 1 fully saturated rings. The fourth-order valence-electron chi connectivity index (χ4n) is 3.20. The zero-order valence-corrected chi connectivity index (χ0v) is 12.5. The highest BCUT2D eigenvalue weighted by Gasteiger charge is 2.30. The van der Waals surface area contributed by atoms with Gasteiger partial charge in [-0.15, -0.1) is 0 Å². The maximum Gasteiger partial charge on any atom is 0.0521 e. The van der Waals surface area contributed by atoms with Crippen LogP contribution < -0.4 is 11.3 Å². The zero-order chi connectivity index (χ0) is 13.9. The van der Waals surface area contributed by atoms with Crippen molar-refractivity contribution in [2.24, 2.45) is 24.2 Å². The fourth-order valence-corrected chi connectivity index (χ4v) is 3.20. The van der Waals surface area contributed by atoms with Crippen LogP contribution in [0, 0.1) is 11.3 Å². The molecule has 1 aromatic rings. The van der Waals surface area contributed by atoms with Crippen LogP contribution in [0.5, 0.6) is 0 Å². The molecule has 1 aliphatic carbocycles. The Hall–Kier alpha value is -0.870. The van der Waals surface area contributed by atoms with Gasteiger partial charge in [0.15, 0.2) is 0 Å². The second-order valence-corrected chi connectivity index (χ2v) is 6.84. The summed E-state index contributed by atoms with van der Waals surface area (Å²) in [6.07, 6.45) is 11.5. The van der Waals surface area contributed by atoms with Gasteiger partial charge < -0.3 is 0 Å². The van der Waals surface area contributed by atoms with Crippen molar-refractivity contribution in [2.75, 3.05) is 0 Å². The first kappa shape index (κ1) is 14.5. The Balaban J connectivity index is 1.83. The number of hydrogen-bond acceptors (Lipinski definition) is 3. The van der Waals surface area contributed by atoms with Crippen molar-refractivity contribution in [2.45, 2.75) is 58.4 Å². The minimum Gasteiger partial charge on any atom is -0.276 e. The molecule has 2 rings (SSSR count). The van der Waals surface area contributed by atoms with E-state index in [2.05, 4.69) is 30.6 Å². The lowest BCUT2D eigenvalue weighted by Gasteiger charge is -2.37. The van der Waals surface area contributed by atoms with Crippen molar-refractivity contribution in [3.63, 3.8) is 0 Å². The third-order valence-electron chi connectivity index (χ3n) is 4.67. The largest absolute Gasteiger partial charge is 0.276 e. The van der Waals surface area contributed by atoms with Gasteiger partial charge >= 0.3 is 0 Å². The Labute approximate surface area is 116 Å². The smallest absolute Gasteiger partial charge is 0.0521 e. The highest BCUT2D eigenvalue weighted by molar-refractivity contribution is 5.04. The fraction of sp³-hybridized carbons (Fsp3) is 0.800. The van der Waals surface area contributed by atoms with Crippen LogP contribution in [0.15, 0.2) is 12.4 Å². The van der Waals surface area contributed by atoms with Crippen molar-refractivity contribution in [3.05, 3.63) is 18.0 Å². The molecular formula is C15H28N4. The second kappa shape index (κ2) is 6.06. The van der Waals surface area contributed by atoms with Crippen molar-refractivity contribution < 1.29 is 0 Å². The molecule has 1 aromatic heterocycles. The van der Waals surface area contributed by atoms with E-state index in [0.717, 1.165) is 18.8 Å². The number of aryl methyl sites for hydroxylation is 2. The molecule has 0 radical (unpaired) electrons. The van der Waals surface area contributed by atoms with Gasteiger partial charge in [-0.25, -0.2) is 0 Å². The number of nitrogens with two attached hydrogens (primary N) is 1. The molecule has 108 valence electrons. The number of rotatable bonds is 5. The average Bonchev–Trinajstić information content (AvgIpc) is 2.77. The van der Waals surface area contributed by atoms with Crippen LogP contribution in [0.4, 0.5) is 0 Å². The molecule has 1 saturated carbocycles. The van der Waals surface area contributed by atoms with Crippen LogP contribution in [0.1, 0.15) is 51.5 Å². The van der Waals surface area contributed by atoms with E-state index >= 15 is 0 Å². The van der Waals surface area contributed by atoms with Gasteiger partial charge in [0, 0.05) is 19.3 Å². The van der Waals surface area contributed by atoms with Crippen LogP contribution in [0.3, 0.4) is 0 Å². The molecule has 4 nitrogen and oxygen atoms in total. The summed E-state index contributed by atoms with van der Waals surface area (Å²) in [5, 5.41) is 4.22. The Morgan fingerprint density at radius 3 is 2.68 bits per heavy atom. The molecule has 19 heavy (non-hydrogen) atoms. The summed E-state index contributed by atoms with van der Waals surface area (Å²) in [7, 11) is 1.96. The summed E-state index contributed by atoms with van der Waals surface area (Å²) in [6.45, 7) is 4.76. The third kappa shape index (κ3) is 4.05. The average molecular weight is 264 g/mol. The number of nitrogens with one attached hydrogen (secondary N) is 1. The molecule has 0 bridgehead atoms. The molecule has 1 aliphatic rings. The van der Waals surface area contributed by atoms with E-state index in [1.807, 2.05) is 17.9 Å². The lowest BCUT2D eigenvalue weighted by molar-refractivity contribution is 0.157. The topological polar surface area (TPSA) is 55.9 Å². The quantitative estimate of drug-likeness (QED) is 0.634. The van der Waals surface area contributed by atoms with Gasteiger partial charge in [0.25, 0.3) is 0 Å². The number of aromatic nitrogens is 2. The van der Waals surface area contributed by atoms with E-state index in [1.54, 1.807) is 0 Å². The molecule has 0 amide bonds. The minimum absolute atomic E-state index is 0.441. The summed E-state index contributed by atoms with van der Waals surface area (Å²) in [5.41, 5.74) is 4.88. The van der Waals surface area contributed by atoms with Crippen LogP contribution >= 0.6 is 0 Å². The first-order chi connectivity index (χ1) is 9.00. The minimum atomic E-state index is 0.441. The highest BCUT2D eigenvalue weighted by Crippen LogP contribution is 2.39. The van der Waals surface area contributed by atoms with E-state index in [4.69, 9.17) is 5.84 Å². The van der Waals surface area contributed by atoms with Gasteiger partial charge in [0.1, 0.15) is 0 Å². The molecule has 0 aliphatic heterocycles. The van der Waals surface area contributed by atoms with E-state index < -0.39 is 0 Å². The first-order valence-corrected chi connectivity index (χ1v) is 7.44. The van der Waals surface area contributed by atoms with Crippen LogP contribution in [-0.2, 0) is 13.5 Å². The summed E-state index contributed by atoms with van der Waals surface area (Å²) in [5.74, 6) is 6.50. The second-order valence-electron chi connectivity index (χ2n) is 6.84. The Bertz CT molecular complexity index is 387. The van der Waals surface area contributed by atoms with Gasteiger partial charge in [0.05, 0.1) is 6.20 Å². The number of hydrazine groups is 1.